The van der Waals surface area contributed by atoms with E-state index in [0.717, 1.165) is 159 Å². The number of aliphatic hydroxyl groups excluding tert-OH is 1. The van der Waals surface area contributed by atoms with Crippen molar-refractivity contribution in [2.24, 2.45) is 5.92 Å². The second-order valence-electron chi connectivity index (χ2n) is 36.0. The summed E-state index contributed by atoms with van der Waals surface area (Å²) in [5, 5.41) is 28.6. The number of halogens is 3. The molecule has 15 aromatic rings. The highest BCUT2D eigenvalue weighted by Gasteiger charge is 2.29. The van der Waals surface area contributed by atoms with Crippen LogP contribution in [0.4, 0.5) is 42.9 Å². The molecule has 139 heavy (non-hydrogen) atoms. The number of nitrogen functional groups attached to an aromatic ring is 5. The number of benzene rings is 5. The van der Waals surface area contributed by atoms with Gasteiger partial charge in [0, 0.05) is 108 Å². The molecule has 10 aromatic heterocycles. The number of fused-ring (bicyclic) bond motifs is 6. The van der Waals surface area contributed by atoms with Crippen molar-refractivity contribution in [2.75, 3.05) is 79.4 Å². The SMILES string of the molecule is C=C(O)Cc1cccc(CCNC(=O)c2sc3nc(C)ccc3c2N)c1.CC(=O)[C@H]1Cc2ccc(CCNC(=O)c3sc4nc(C)ccc4c3N)cc2C1.Cc1ccc2c(N)c(C(=O)NCCc3ccc(C4CCCC4)cc3)sc2n1.Cc1ccc2c(N)c(C(=O)NCCc3ccc(C4CCCC4)cc3)sc2n1.Nc1c(C(=O)NCCc2ccc(N3CCCCC3)c(Cl)c2)sc2nc(C(F)F)ccc12. The molecule has 722 valence electrons. The number of piperidine rings is 1. The van der Waals surface area contributed by atoms with Crippen molar-refractivity contribution in [1.29, 1.82) is 0 Å². The molecular weight excluding hydrogens is 1870 g/mol. The lowest BCUT2D eigenvalue weighted by atomic mass is 9.96. The number of ketones is 1. The number of carbonyl (C=O) groups excluding carboxylic acids is 6. The fraction of sp³-hybridized carbons (Fsp3) is 0.324. The van der Waals surface area contributed by atoms with Crippen LogP contribution in [0.1, 0.15) is 228 Å². The molecule has 4 aliphatic rings. The number of anilines is 6. The summed E-state index contributed by atoms with van der Waals surface area (Å²) in [6.07, 6.45) is 17.5. The molecule has 0 spiro atoms. The molecule has 3 fully saturated rings. The first-order chi connectivity index (χ1) is 67.0. The first kappa shape index (κ1) is 101. The Balaban J connectivity index is 0.000000132. The maximum Gasteiger partial charge on any atom is 0.280 e. The van der Waals surface area contributed by atoms with Gasteiger partial charge in [0.1, 0.15) is 60.0 Å². The van der Waals surface area contributed by atoms with Gasteiger partial charge < -0.3 is 65.3 Å². The number of aryl methyl sites for hydroxylation is 4. The van der Waals surface area contributed by atoms with E-state index in [1.54, 1.807) is 6.92 Å². The van der Waals surface area contributed by atoms with Crippen molar-refractivity contribution < 1.29 is 42.7 Å². The molecule has 1 atom stereocenters. The van der Waals surface area contributed by atoms with Gasteiger partial charge >= 0.3 is 0 Å². The van der Waals surface area contributed by atoms with Crippen LogP contribution < -0.4 is 60.2 Å². The molecule has 5 amide bonds. The van der Waals surface area contributed by atoms with E-state index in [0.29, 0.717) is 104 Å². The number of nitrogens with zero attached hydrogens (tertiary/aromatic N) is 6. The molecule has 2 saturated carbocycles. The summed E-state index contributed by atoms with van der Waals surface area (Å²) in [5.74, 6) is 1.10. The number of alkyl halides is 2. The van der Waals surface area contributed by atoms with E-state index >= 15 is 0 Å². The lowest BCUT2D eigenvalue weighted by molar-refractivity contribution is -0.120. The molecule has 3 aliphatic carbocycles. The number of carbonyl (C=O) groups is 6. The third-order valence-corrected chi connectivity index (χ3v) is 31.7. The lowest BCUT2D eigenvalue weighted by Gasteiger charge is -2.29. The normalized spacial score (nSPS) is 14.1. The van der Waals surface area contributed by atoms with E-state index in [9.17, 15) is 42.7 Å². The standard InChI is InChI=1S/C22H23ClF2N4OS.C22H23N3O2S.2C22H25N3OS.C20H21N3O2S/c23-15-12-13(4-7-17(15)29-10-2-1-3-11-29)8-9-27-21(30)19-18(26)14-5-6-16(20(24)25)28-22(14)31-19;1-12-3-6-18-19(23)20(28-22(18)25-12)21(27)24-8-7-14-4-5-15-10-16(13(2)26)11-17(15)9-14;2*1-14-6-11-18-19(23)20(27-22(18)25-14)21(26)24-13-12-15-7-9-17(10-8-15)16-4-2-3-5-16;1-12-6-7-16-17(21)18(26-20(16)23-12)19(25)22-9-8-14-4-3-5-15(11-14)10-13(2)24/h4-7,12,20H,1-3,8-11,26H2,(H,27,30);3-6,9,16H,7-8,10-11,23H2,1-2H3,(H,24,27);2*6-11,16H,2-5,12-13,23H2,1H3,(H,24,26);3-7,11,24H,2,8-10,21H2,1H3,(H,22,25)/t;16-;;;/m.0.../s1. The molecule has 23 nitrogen and oxygen atoms in total. The van der Waals surface area contributed by atoms with Crippen molar-refractivity contribution in [3.8, 4) is 0 Å². The Bertz CT molecular complexity index is 6840. The van der Waals surface area contributed by atoms with Gasteiger partial charge in [0.15, 0.2) is 0 Å². The Labute approximate surface area is 832 Å². The number of nitrogens with one attached hydrogen (secondary N) is 5. The number of Topliss-reactive ketones (excluding diaryl/α,β-unsaturated/α-hetero) is 1. The van der Waals surface area contributed by atoms with Gasteiger partial charge in [0.05, 0.1) is 44.9 Å². The minimum atomic E-state index is -2.67. The number of hydrogen-bond acceptors (Lipinski definition) is 23. The van der Waals surface area contributed by atoms with Crippen LogP contribution in [0.3, 0.4) is 0 Å². The zero-order valence-electron chi connectivity index (χ0n) is 78.7. The molecular formula is C108H117ClF2N16O7S5. The molecule has 0 unspecified atom stereocenters. The Morgan fingerprint density at radius 2 is 0.741 bits per heavy atom. The van der Waals surface area contributed by atoms with E-state index in [1.165, 1.54) is 167 Å². The van der Waals surface area contributed by atoms with Crippen LogP contribution in [0, 0.1) is 33.6 Å². The fourth-order valence-corrected chi connectivity index (χ4v) is 23.7. The predicted molar refractivity (Wildman–Crippen MR) is 567 cm³/mol. The van der Waals surface area contributed by atoms with Gasteiger partial charge in [-0.2, -0.15) is 0 Å². The smallest absolute Gasteiger partial charge is 0.280 e. The Morgan fingerprint density at radius 1 is 0.410 bits per heavy atom. The molecule has 0 bridgehead atoms. The van der Waals surface area contributed by atoms with Crippen LogP contribution in [-0.4, -0.2) is 111 Å². The van der Waals surface area contributed by atoms with Crippen LogP contribution in [-0.2, 0) is 56.2 Å². The molecule has 1 saturated heterocycles. The molecule has 16 N–H and O–H groups in total. The first-order valence-corrected chi connectivity index (χ1v) is 51.8. The summed E-state index contributed by atoms with van der Waals surface area (Å²) in [5.41, 5.74) is 49.6. The monoisotopic (exact) mass is 1980 g/mol. The topological polar surface area (TPSA) is 381 Å². The Kier molecular flexibility index (Phi) is 33.8. The van der Waals surface area contributed by atoms with Crippen molar-refractivity contribution in [2.45, 2.75) is 175 Å². The zero-order valence-corrected chi connectivity index (χ0v) is 83.5. The summed E-state index contributed by atoms with van der Waals surface area (Å²) in [7, 11) is 0. The van der Waals surface area contributed by atoms with E-state index in [-0.39, 0.29) is 63.3 Å². The van der Waals surface area contributed by atoms with E-state index in [1.807, 2.05) is 119 Å². The third-order valence-electron chi connectivity index (χ3n) is 25.8. The highest BCUT2D eigenvalue weighted by atomic mass is 35.5. The summed E-state index contributed by atoms with van der Waals surface area (Å²) in [6.45, 7) is 17.6. The van der Waals surface area contributed by atoms with Gasteiger partial charge in [-0.1, -0.05) is 141 Å². The van der Waals surface area contributed by atoms with E-state index < -0.39 is 6.43 Å². The summed E-state index contributed by atoms with van der Waals surface area (Å²) in [6, 6.07) is 56.1. The molecule has 1 aliphatic heterocycles. The van der Waals surface area contributed by atoms with Crippen molar-refractivity contribution >= 4 is 189 Å². The van der Waals surface area contributed by atoms with Gasteiger partial charge in [0.2, 0.25) is 0 Å². The molecule has 11 heterocycles. The maximum atomic E-state index is 12.9. The largest absolute Gasteiger partial charge is 0.513 e. The van der Waals surface area contributed by atoms with Crippen LogP contribution in [0.25, 0.3) is 51.1 Å². The second-order valence-corrected chi connectivity index (χ2v) is 41.4. The van der Waals surface area contributed by atoms with Crippen LogP contribution in [0.15, 0.2) is 182 Å². The second kappa shape index (κ2) is 46.7. The zero-order chi connectivity index (χ0) is 98.1. The number of pyridine rings is 5. The number of hydrogen-bond donors (Lipinski definition) is 11. The minimum Gasteiger partial charge on any atom is -0.513 e. The third kappa shape index (κ3) is 25.6. The lowest BCUT2D eigenvalue weighted by Crippen LogP contribution is -2.29. The average Bonchev–Trinajstić information content (AvgIpc) is 1.66. The molecule has 0 radical (unpaired) electrons. The number of amides is 5. The first-order valence-electron chi connectivity index (χ1n) is 47.3. The number of thiophene rings is 5. The van der Waals surface area contributed by atoms with Crippen molar-refractivity contribution in [1.82, 2.24) is 51.5 Å². The van der Waals surface area contributed by atoms with Crippen molar-refractivity contribution in [3.63, 3.8) is 0 Å². The predicted octanol–water partition coefficient (Wildman–Crippen LogP) is 22.3. The number of rotatable bonds is 27. The Hall–Kier alpha value is -12.8. The van der Waals surface area contributed by atoms with Crippen molar-refractivity contribution in [3.05, 3.63) is 296 Å². The van der Waals surface area contributed by atoms with Crippen LogP contribution in [0.2, 0.25) is 5.02 Å². The summed E-state index contributed by atoms with van der Waals surface area (Å²) >= 11 is 12.9. The quantitative estimate of drug-likeness (QED) is 0.0213. The molecule has 19 rings (SSSR count). The van der Waals surface area contributed by atoms with Gasteiger partial charge in [-0.05, 0) is 265 Å². The molecule has 5 aromatic carbocycles. The van der Waals surface area contributed by atoms with Gasteiger partial charge in [-0.25, -0.2) is 33.7 Å². The van der Waals surface area contributed by atoms with Crippen LogP contribution in [0.5, 0.6) is 0 Å². The summed E-state index contributed by atoms with van der Waals surface area (Å²) in [4.78, 5) is 104. The van der Waals surface area contributed by atoms with E-state index in [4.69, 9.17) is 40.3 Å². The van der Waals surface area contributed by atoms with Crippen LogP contribution >= 0.6 is 68.3 Å². The number of nitrogens with two attached hydrogens (primary N) is 5. The minimum absolute atomic E-state index is 0.115. The van der Waals surface area contributed by atoms with Gasteiger partial charge in [-0.3, -0.25) is 28.8 Å². The highest BCUT2D eigenvalue weighted by Crippen LogP contribution is 2.41. The average molecular weight is 1990 g/mol. The Morgan fingerprint density at radius 3 is 1.11 bits per heavy atom. The highest BCUT2D eigenvalue weighted by molar-refractivity contribution is 7.22. The van der Waals surface area contributed by atoms with Gasteiger partial charge in [-0.15, -0.1) is 56.7 Å². The summed E-state index contributed by atoms with van der Waals surface area (Å²) < 4.78 is 25.7. The number of aliphatic hydroxyl groups is 1. The fourth-order valence-electron chi connectivity index (χ4n) is 18.1. The maximum absolute atomic E-state index is 12.9. The number of aromatic nitrogens is 5. The molecule has 31 heteroatoms. The van der Waals surface area contributed by atoms with Gasteiger partial charge in [0.25, 0.3) is 36.0 Å². The van der Waals surface area contributed by atoms with E-state index in [2.05, 4.69) is 130 Å². The number of allylic oxidation sites excluding steroid dienone is 1.